The Morgan fingerprint density at radius 1 is 1.29 bits per heavy atom. The zero-order valence-electron chi connectivity index (χ0n) is 9.15. The van der Waals surface area contributed by atoms with Crippen molar-refractivity contribution in [3.8, 4) is 0 Å². The number of carbonyl (C=O) groups excluding carboxylic acids is 1. The molecule has 0 aliphatic heterocycles. The van der Waals surface area contributed by atoms with Crippen molar-refractivity contribution < 1.29 is 30.0 Å². The predicted octanol–water partition coefficient (Wildman–Crippen LogP) is -2.20. The Balaban J connectivity index is 3.75. The van der Waals surface area contributed by atoms with Gasteiger partial charge in [0.25, 0.3) is 0 Å². The lowest BCUT2D eigenvalue weighted by Crippen LogP contribution is -2.37. The third-order valence-electron chi connectivity index (χ3n) is 2.02. The molecule has 0 aromatic heterocycles. The number of nitrogens with two attached hydrogens (primary N) is 1. The van der Waals surface area contributed by atoms with Crippen LogP contribution >= 0.6 is 11.8 Å². The maximum atomic E-state index is 11.2. The lowest BCUT2D eigenvalue weighted by molar-refractivity contribution is -0.138. The molecule has 0 aliphatic rings. The summed E-state index contributed by atoms with van der Waals surface area (Å²) in [5.41, 5.74) is 5.24. The number of carboxylic acids is 1. The van der Waals surface area contributed by atoms with E-state index in [1.807, 2.05) is 0 Å². The molecule has 0 rings (SSSR count). The molecule has 1 unspecified atom stereocenters. The van der Waals surface area contributed by atoms with E-state index in [0.29, 0.717) is 5.75 Å². The van der Waals surface area contributed by atoms with Gasteiger partial charge in [-0.1, -0.05) is 0 Å². The molecular formula is C9H17NO6S. The summed E-state index contributed by atoms with van der Waals surface area (Å²) in [5, 5.41) is 35.2. The van der Waals surface area contributed by atoms with E-state index in [-0.39, 0.29) is 12.2 Å². The van der Waals surface area contributed by atoms with Gasteiger partial charge in [0.05, 0.1) is 12.4 Å². The fourth-order valence-corrected chi connectivity index (χ4v) is 1.84. The number of Topliss-reactive ketones (excluding diaryl/α,β-unsaturated/α-hetero) is 1. The topological polar surface area (TPSA) is 141 Å². The van der Waals surface area contributed by atoms with Gasteiger partial charge in [0, 0.05) is 0 Å². The Bertz CT molecular complexity index is 262. The summed E-state index contributed by atoms with van der Waals surface area (Å²) in [6.45, 7) is -0.693. The van der Waals surface area contributed by atoms with Crippen molar-refractivity contribution in [2.75, 3.05) is 18.1 Å². The first-order chi connectivity index (χ1) is 7.90. The van der Waals surface area contributed by atoms with Crippen LogP contribution in [0.15, 0.2) is 0 Å². The van der Waals surface area contributed by atoms with E-state index in [2.05, 4.69) is 0 Å². The van der Waals surface area contributed by atoms with Crippen LogP contribution in [0.5, 0.6) is 0 Å². The van der Waals surface area contributed by atoms with Gasteiger partial charge in [0.15, 0.2) is 5.78 Å². The fraction of sp³-hybridized carbons (Fsp3) is 0.778. The molecule has 0 aromatic rings. The number of rotatable bonds is 9. The molecule has 0 spiro atoms. The summed E-state index contributed by atoms with van der Waals surface area (Å²) in [4.78, 5) is 21.6. The molecule has 0 amide bonds. The zero-order chi connectivity index (χ0) is 13.4. The molecule has 0 saturated heterocycles. The number of hydrogen-bond donors (Lipinski definition) is 5. The molecule has 0 saturated carbocycles. The minimum atomic E-state index is -1.61. The van der Waals surface area contributed by atoms with Crippen LogP contribution in [0.1, 0.15) is 6.42 Å². The highest BCUT2D eigenvalue weighted by Crippen LogP contribution is 2.07. The normalized spacial score (nSPS) is 16.2. The second-order valence-corrected chi connectivity index (χ2v) is 4.55. The maximum absolute atomic E-state index is 11.2. The van der Waals surface area contributed by atoms with Crippen molar-refractivity contribution in [2.24, 2.45) is 5.73 Å². The van der Waals surface area contributed by atoms with E-state index in [1.54, 1.807) is 0 Å². The quantitative estimate of drug-likeness (QED) is 0.296. The van der Waals surface area contributed by atoms with Gasteiger partial charge in [-0.05, 0) is 12.2 Å². The van der Waals surface area contributed by atoms with Crippen molar-refractivity contribution in [3.05, 3.63) is 0 Å². The summed E-state index contributed by atoms with van der Waals surface area (Å²) in [5.74, 6) is -1.42. The molecule has 3 atom stereocenters. The Morgan fingerprint density at radius 2 is 1.88 bits per heavy atom. The van der Waals surface area contributed by atoms with Crippen molar-refractivity contribution in [1.29, 1.82) is 0 Å². The minimum Gasteiger partial charge on any atom is -0.480 e. The molecule has 8 heteroatoms. The van der Waals surface area contributed by atoms with E-state index in [1.165, 1.54) is 0 Å². The number of carbonyl (C=O) groups is 2. The SMILES string of the molecule is N[C@@H](CCSCC(=O)[C@@H](O)C(O)CO)C(=O)O. The molecule has 6 N–H and O–H groups in total. The van der Waals surface area contributed by atoms with Crippen LogP contribution in [0.25, 0.3) is 0 Å². The second kappa shape index (κ2) is 8.43. The monoisotopic (exact) mass is 267 g/mol. The third-order valence-corrected chi connectivity index (χ3v) is 3.03. The fourth-order valence-electron chi connectivity index (χ4n) is 0.906. The number of thioether (sulfide) groups is 1. The van der Waals surface area contributed by atoms with Crippen LogP contribution in [0.4, 0.5) is 0 Å². The van der Waals surface area contributed by atoms with Crippen LogP contribution in [0.3, 0.4) is 0 Å². The average Bonchev–Trinajstić information content (AvgIpc) is 2.31. The number of ketones is 1. The molecule has 0 fully saturated rings. The van der Waals surface area contributed by atoms with Crippen LogP contribution < -0.4 is 5.73 Å². The highest BCUT2D eigenvalue weighted by molar-refractivity contribution is 7.99. The van der Waals surface area contributed by atoms with E-state index in [9.17, 15) is 14.7 Å². The number of aliphatic hydroxyl groups excluding tert-OH is 3. The van der Waals surface area contributed by atoms with Gasteiger partial charge < -0.3 is 26.2 Å². The first kappa shape index (κ1) is 16.3. The molecular weight excluding hydrogens is 250 g/mol. The Hall–Kier alpha value is -0.670. The minimum absolute atomic E-state index is 0.0649. The Labute approximate surface area is 103 Å². The van der Waals surface area contributed by atoms with Gasteiger partial charge in [-0.3, -0.25) is 9.59 Å². The van der Waals surface area contributed by atoms with Gasteiger partial charge in [-0.2, -0.15) is 11.8 Å². The predicted molar refractivity (Wildman–Crippen MR) is 61.7 cm³/mol. The van der Waals surface area contributed by atoms with Gasteiger partial charge in [-0.15, -0.1) is 0 Å². The van der Waals surface area contributed by atoms with Crippen molar-refractivity contribution >= 4 is 23.5 Å². The highest BCUT2D eigenvalue weighted by atomic mass is 32.2. The van der Waals surface area contributed by atoms with E-state index < -0.39 is 36.6 Å². The smallest absolute Gasteiger partial charge is 0.320 e. The second-order valence-electron chi connectivity index (χ2n) is 3.45. The molecule has 17 heavy (non-hydrogen) atoms. The van der Waals surface area contributed by atoms with Crippen molar-refractivity contribution in [2.45, 2.75) is 24.7 Å². The molecule has 7 nitrogen and oxygen atoms in total. The highest BCUT2D eigenvalue weighted by Gasteiger charge is 2.23. The zero-order valence-corrected chi connectivity index (χ0v) is 9.97. The standard InChI is InChI=1S/C9H17NO6S/c10-5(9(15)16)1-2-17-4-7(13)8(14)6(12)3-11/h5-6,8,11-12,14H,1-4,10H2,(H,15,16)/t5-,6?,8-/m0/s1. The summed E-state index contributed by atoms with van der Waals surface area (Å²) in [6, 6.07) is -0.967. The molecule has 0 aliphatic carbocycles. The molecule has 0 aromatic carbocycles. The van der Waals surface area contributed by atoms with Crippen molar-refractivity contribution in [3.63, 3.8) is 0 Å². The number of carboxylic acid groups (broad SMARTS) is 1. The number of aliphatic hydroxyl groups is 3. The first-order valence-corrected chi connectivity index (χ1v) is 6.11. The summed E-state index contributed by atoms with van der Waals surface area (Å²) in [7, 11) is 0. The van der Waals surface area contributed by atoms with Gasteiger partial charge in [0.1, 0.15) is 18.2 Å². The van der Waals surface area contributed by atoms with Gasteiger partial charge in [-0.25, -0.2) is 0 Å². The van der Waals surface area contributed by atoms with E-state index in [4.69, 9.17) is 21.1 Å². The van der Waals surface area contributed by atoms with E-state index >= 15 is 0 Å². The third kappa shape index (κ3) is 6.59. The molecule has 0 radical (unpaired) electrons. The summed E-state index contributed by atoms with van der Waals surface area (Å²) >= 11 is 1.12. The lowest BCUT2D eigenvalue weighted by atomic mass is 10.1. The van der Waals surface area contributed by atoms with E-state index in [0.717, 1.165) is 11.8 Å². The number of aliphatic carboxylic acids is 1. The Kier molecular flexibility index (Phi) is 8.09. The number of hydrogen-bond acceptors (Lipinski definition) is 7. The molecule has 0 bridgehead atoms. The van der Waals surface area contributed by atoms with Crippen LogP contribution in [-0.4, -0.2) is 68.5 Å². The summed E-state index contributed by atoms with van der Waals surface area (Å²) < 4.78 is 0. The molecule has 0 heterocycles. The molecule has 100 valence electrons. The first-order valence-electron chi connectivity index (χ1n) is 4.96. The largest absolute Gasteiger partial charge is 0.480 e. The van der Waals surface area contributed by atoms with Crippen LogP contribution in [0, 0.1) is 0 Å². The maximum Gasteiger partial charge on any atom is 0.320 e. The van der Waals surface area contributed by atoms with Gasteiger partial charge >= 0.3 is 5.97 Å². The van der Waals surface area contributed by atoms with Crippen molar-refractivity contribution in [1.82, 2.24) is 0 Å². The average molecular weight is 267 g/mol. The van der Waals surface area contributed by atoms with Crippen LogP contribution in [-0.2, 0) is 9.59 Å². The Morgan fingerprint density at radius 3 is 2.35 bits per heavy atom. The lowest BCUT2D eigenvalue weighted by Gasteiger charge is -2.14. The van der Waals surface area contributed by atoms with Crippen LogP contribution in [0.2, 0.25) is 0 Å². The summed E-state index contributed by atoms with van der Waals surface area (Å²) in [6.07, 6.45) is -2.88. The van der Waals surface area contributed by atoms with Gasteiger partial charge in [0.2, 0.25) is 0 Å².